The zero-order valence-electron chi connectivity index (χ0n) is 15.7. The Morgan fingerprint density at radius 3 is 2.54 bits per heavy atom. The van der Waals surface area contributed by atoms with Gasteiger partial charge in [0.1, 0.15) is 5.60 Å². The summed E-state index contributed by atoms with van der Waals surface area (Å²) < 4.78 is 6.39. The van der Waals surface area contributed by atoms with E-state index >= 15 is 0 Å². The molecule has 2 heteroatoms. The Balaban J connectivity index is 1.30. The largest absolute Gasteiger partial charge is 0.458 e. The molecular weight excluding hydrogens is 296 g/mol. The Kier molecular flexibility index (Phi) is 2.29. The van der Waals surface area contributed by atoms with Crippen LogP contribution in [0.4, 0.5) is 0 Å². The van der Waals surface area contributed by atoms with E-state index < -0.39 is 0 Å². The molecule has 9 unspecified atom stereocenters. The van der Waals surface area contributed by atoms with Gasteiger partial charge in [0, 0.05) is 5.41 Å². The fourth-order valence-corrected chi connectivity index (χ4v) is 8.97. The van der Waals surface area contributed by atoms with E-state index in [2.05, 4.69) is 13.8 Å². The highest BCUT2D eigenvalue weighted by atomic mass is 16.6. The summed E-state index contributed by atoms with van der Waals surface area (Å²) in [5.41, 5.74) is 0.798. The molecule has 0 aromatic carbocycles. The first kappa shape index (κ1) is 14.6. The highest BCUT2D eigenvalue weighted by Gasteiger charge is 2.94. The SMILES string of the molecule is CCC(C)(C)C(=O)OC1(CC)CC2C3C4CCC5CC54C3C3CC231. The van der Waals surface area contributed by atoms with Gasteiger partial charge in [-0.1, -0.05) is 13.8 Å². The molecule has 9 atom stereocenters. The Morgan fingerprint density at radius 2 is 1.88 bits per heavy atom. The molecule has 132 valence electrons. The van der Waals surface area contributed by atoms with E-state index in [1.54, 1.807) is 6.42 Å². The second-order valence-corrected chi connectivity index (χ2v) is 10.9. The number of hydrogen-bond acceptors (Lipinski definition) is 2. The molecule has 24 heavy (non-hydrogen) atoms. The number of esters is 1. The van der Waals surface area contributed by atoms with Gasteiger partial charge in [-0.25, -0.2) is 0 Å². The highest BCUT2D eigenvalue weighted by Crippen LogP contribution is 2.97. The Bertz CT molecular complexity index is 652. The molecule has 0 heterocycles. The third-order valence-electron chi connectivity index (χ3n) is 10.5. The first-order valence-electron chi connectivity index (χ1n) is 10.6. The molecule has 0 aromatic rings. The lowest BCUT2D eigenvalue weighted by atomic mass is 9.47. The summed E-state index contributed by atoms with van der Waals surface area (Å²) in [6.07, 6.45) is 9.07. The van der Waals surface area contributed by atoms with Crippen molar-refractivity contribution in [2.75, 3.05) is 0 Å². The molecule has 6 aliphatic carbocycles. The first-order valence-corrected chi connectivity index (χ1v) is 10.6. The maximum atomic E-state index is 12.8. The molecular formula is C22H32O2. The van der Waals surface area contributed by atoms with Crippen LogP contribution in [0.2, 0.25) is 0 Å². The van der Waals surface area contributed by atoms with Crippen molar-refractivity contribution in [3.63, 3.8) is 0 Å². The normalized spacial score (nSPS) is 60.7. The number of hydrogen-bond donors (Lipinski definition) is 0. The van der Waals surface area contributed by atoms with Crippen LogP contribution >= 0.6 is 0 Å². The predicted molar refractivity (Wildman–Crippen MR) is 92.1 cm³/mol. The zero-order chi connectivity index (χ0) is 16.7. The lowest BCUT2D eigenvalue weighted by molar-refractivity contribution is -0.224. The topological polar surface area (TPSA) is 26.3 Å². The fourth-order valence-electron chi connectivity index (χ4n) is 8.97. The minimum Gasteiger partial charge on any atom is -0.458 e. The van der Waals surface area contributed by atoms with E-state index in [4.69, 9.17) is 4.74 Å². The van der Waals surface area contributed by atoms with Crippen molar-refractivity contribution in [2.45, 2.75) is 78.2 Å². The molecule has 0 amide bonds. The lowest BCUT2D eigenvalue weighted by Gasteiger charge is -2.60. The number of carbonyl (C=O) groups excluding carboxylic acids is 1. The van der Waals surface area contributed by atoms with Crippen LogP contribution in [0.3, 0.4) is 0 Å². The maximum absolute atomic E-state index is 12.8. The van der Waals surface area contributed by atoms with E-state index in [1.165, 1.54) is 25.7 Å². The molecule has 6 aliphatic rings. The van der Waals surface area contributed by atoms with Crippen molar-refractivity contribution < 1.29 is 9.53 Å². The van der Waals surface area contributed by atoms with Gasteiger partial charge in [-0.15, -0.1) is 0 Å². The molecule has 6 saturated carbocycles. The molecule has 6 rings (SSSR count). The van der Waals surface area contributed by atoms with Crippen LogP contribution in [0.25, 0.3) is 0 Å². The van der Waals surface area contributed by atoms with E-state index in [0.29, 0.717) is 5.41 Å². The number of carbonyl (C=O) groups is 1. The van der Waals surface area contributed by atoms with Gasteiger partial charge < -0.3 is 4.74 Å². The maximum Gasteiger partial charge on any atom is 0.312 e. The molecule has 0 bridgehead atoms. The van der Waals surface area contributed by atoms with E-state index in [-0.39, 0.29) is 17.0 Å². The summed E-state index contributed by atoms with van der Waals surface area (Å²) in [4.78, 5) is 12.8. The molecule has 0 radical (unpaired) electrons. The van der Waals surface area contributed by atoms with Crippen LogP contribution in [0.1, 0.15) is 72.6 Å². The van der Waals surface area contributed by atoms with Crippen LogP contribution in [0.15, 0.2) is 0 Å². The summed E-state index contributed by atoms with van der Waals surface area (Å²) in [6, 6.07) is 0. The summed E-state index contributed by atoms with van der Waals surface area (Å²) in [5, 5.41) is 0. The van der Waals surface area contributed by atoms with Gasteiger partial charge in [0.15, 0.2) is 0 Å². The number of fused-ring (bicyclic) bond motifs is 4. The number of ether oxygens (including phenoxy) is 1. The average molecular weight is 328 g/mol. The van der Waals surface area contributed by atoms with Crippen LogP contribution in [0, 0.1) is 51.8 Å². The third-order valence-corrected chi connectivity index (χ3v) is 10.5. The van der Waals surface area contributed by atoms with Gasteiger partial charge in [-0.2, -0.15) is 0 Å². The summed E-state index contributed by atoms with van der Waals surface area (Å²) in [6.45, 7) is 8.47. The third kappa shape index (κ3) is 1.18. The van der Waals surface area contributed by atoms with Gasteiger partial charge in [-0.3, -0.25) is 4.79 Å². The fraction of sp³-hybridized carbons (Fsp3) is 0.955. The van der Waals surface area contributed by atoms with Gasteiger partial charge in [0.2, 0.25) is 0 Å². The standard InChI is InChI=1S/C22H32O2/c1-5-19(3,4)18(23)24-20(6-2)10-14-16-13-8-7-12-9-21(12,13)17(16)15-11-22(14,15)20/h12-17H,5-11H2,1-4H3. The van der Waals surface area contributed by atoms with Crippen LogP contribution in [-0.2, 0) is 9.53 Å². The Morgan fingerprint density at radius 1 is 1.08 bits per heavy atom. The van der Waals surface area contributed by atoms with Gasteiger partial charge >= 0.3 is 5.97 Å². The summed E-state index contributed by atoms with van der Waals surface area (Å²) in [5.74, 6) is 6.10. The minimum absolute atomic E-state index is 0.0622. The quantitative estimate of drug-likeness (QED) is 0.692. The Hall–Kier alpha value is -0.530. The molecule has 2 spiro atoms. The van der Waals surface area contributed by atoms with E-state index in [9.17, 15) is 4.79 Å². The Labute approximate surface area is 146 Å². The van der Waals surface area contributed by atoms with Crippen molar-refractivity contribution >= 4 is 5.97 Å². The highest BCUT2D eigenvalue weighted by molar-refractivity contribution is 5.76. The lowest BCUT2D eigenvalue weighted by Crippen LogP contribution is -2.62. The summed E-state index contributed by atoms with van der Waals surface area (Å²) >= 11 is 0. The van der Waals surface area contributed by atoms with Crippen molar-refractivity contribution in [3.8, 4) is 0 Å². The molecule has 2 nitrogen and oxygen atoms in total. The van der Waals surface area contributed by atoms with Gasteiger partial charge in [0.25, 0.3) is 0 Å². The molecule has 0 aromatic heterocycles. The summed E-state index contributed by atoms with van der Waals surface area (Å²) in [7, 11) is 0. The molecule has 6 fully saturated rings. The first-order chi connectivity index (χ1) is 11.4. The molecule has 0 N–H and O–H groups in total. The van der Waals surface area contributed by atoms with Gasteiger partial charge in [-0.05, 0) is 99.7 Å². The van der Waals surface area contributed by atoms with Gasteiger partial charge in [0.05, 0.1) is 5.41 Å². The van der Waals surface area contributed by atoms with E-state index in [0.717, 1.165) is 53.8 Å². The second-order valence-electron chi connectivity index (χ2n) is 10.9. The van der Waals surface area contributed by atoms with Crippen LogP contribution in [0.5, 0.6) is 0 Å². The number of rotatable bonds is 4. The predicted octanol–water partition coefficient (Wildman–Crippen LogP) is 4.82. The van der Waals surface area contributed by atoms with Crippen LogP contribution < -0.4 is 0 Å². The van der Waals surface area contributed by atoms with Crippen molar-refractivity contribution in [2.24, 2.45) is 51.8 Å². The minimum atomic E-state index is -0.331. The van der Waals surface area contributed by atoms with Crippen molar-refractivity contribution in [1.29, 1.82) is 0 Å². The van der Waals surface area contributed by atoms with Crippen molar-refractivity contribution in [1.82, 2.24) is 0 Å². The second kappa shape index (κ2) is 3.76. The monoisotopic (exact) mass is 328 g/mol. The smallest absolute Gasteiger partial charge is 0.312 e. The molecule has 0 saturated heterocycles. The zero-order valence-corrected chi connectivity index (χ0v) is 15.7. The molecule has 0 aliphatic heterocycles. The van der Waals surface area contributed by atoms with Crippen molar-refractivity contribution in [3.05, 3.63) is 0 Å². The van der Waals surface area contributed by atoms with E-state index in [1.807, 2.05) is 13.8 Å². The average Bonchev–Trinajstić information content (AvgIpc) is 3.42. The van der Waals surface area contributed by atoms with Crippen LogP contribution in [-0.4, -0.2) is 11.6 Å².